The summed E-state index contributed by atoms with van der Waals surface area (Å²) in [5.41, 5.74) is 0.844. The molecule has 0 saturated heterocycles. The molecule has 0 aliphatic rings. The fourth-order valence-electron chi connectivity index (χ4n) is 1.83. The van der Waals surface area contributed by atoms with Crippen molar-refractivity contribution in [2.24, 2.45) is 0 Å². The summed E-state index contributed by atoms with van der Waals surface area (Å²) in [6, 6.07) is 6.66. The molecular formula is C17H19N3O4. The molecule has 0 aliphatic heterocycles. The van der Waals surface area contributed by atoms with Gasteiger partial charge in [0.25, 0.3) is 0 Å². The van der Waals surface area contributed by atoms with E-state index >= 15 is 0 Å². The van der Waals surface area contributed by atoms with Gasteiger partial charge in [-0.15, -0.1) is 0 Å². The van der Waals surface area contributed by atoms with Gasteiger partial charge in [0.05, 0.1) is 11.1 Å². The molecule has 0 bridgehead atoms. The van der Waals surface area contributed by atoms with Crippen LogP contribution in [0.2, 0.25) is 0 Å². The van der Waals surface area contributed by atoms with Crippen LogP contribution in [0.1, 0.15) is 20.7 Å². The largest absolute Gasteiger partial charge is 0.461 e. The lowest BCUT2D eigenvalue weighted by molar-refractivity contribution is 0.0419. The molecule has 0 atom stereocenters. The van der Waals surface area contributed by atoms with E-state index in [0.717, 1.165) is 0 Å². The summed E-state index contributed by atoms with van der Waals surface area (Å²) in [5.74, 6) is -0.806. The number of rotatable bonds is 8. The molecular weight excluding hydrogens is 310 g/mol. The number of hydrogen-bond donors (Lipinski definition) is 0. The van der Waals surface area contributed by atoms with E-state index in [1.165, 1.54) is 12.4 Å². The van der Waals surface area contributed by atoms with Crippen LogP contribution in [0.15, 0.2) is 49.1 Å². The van der Waals surface area contributed by atoms with Gasteiger partial charge < -0.3 is 9.47 Å². The van der Waals surface area contributed by atoms with Gasteiger partial charge in [-0.1, -0.05) is 0 Å². The Morgan fingerprint density at radius 3 is 1.75 bits per heavy atom. The fraction of sp³-hybridized carbons (Fsp3) is 0.294. The summed E-state index contributed by atoms with van der Waals surface area (Å²) in [7, 11) is 1.86. The summed E-state index contributed by atoms with van der Waals surface area (Å²) in [6.07, 6.45) is 6.11. The Morgan fingerprint density at radius 1 is 0.917 bits per heavy atom. The second-order valence-electron chi connectivity index (χ2n) is 5.06. The number of hydrogen-bond acceptors (Lipinski definition) is 7. The van der Waals surface area contributed by atoms with Gasteiger partial charge in [0, 0.05) is 37.9 Å². The highest BCUT2D eigenvalue weighted by atomic mass is 16.5. The number of esters is 2. The Kier molecular flexibility index (Phi) is 6.85. The minimum Gasteiger partial charge on any atom is -0.461 e. The van der Waals surface area contributed by atoms with Gasteiger partial charge in [0.1, 0.15) is 13.2 Å². The van der Waals surface area contributed by atoms with Crippen LogP contribution in [-0.2, 0) is 9.47 Å². The van der Waals surface area contributed by atoms with Crippen LogP contribution in [0.4, 0.5) is 0 Å². The second kappa shape index (κ2) is 9.36. The number of ether oxygens (including phenoxy) is 2. The first-order valence-corrected chi connectivity index (χ1v) is 7.49. The molecule has 0 aliphatic carbocycles. The van der Waals surface area contributed by atoms with E-state index in [2.05, 4.69) is 9.97 Å². The van der Waals surface area contributed by atoms with E-state index in [9.17, 15) is 9.59 Å². The SMILES string of the molecule is CN(CCOC(=O)c1cccnc1)CCOC(=O)c1cccnc1. The van der Waals surface area contributed by atoms with Crippen molar-refractivity contribution in [2.75, 3.05) is 33.4 Å². The number of carbonyl (C=O) groups is 2. The van der Waals surface area contributed by atoms with Crippen molar-refractivity contribution in [2.45, 2.75) is 0 Å². The standard InChI is InChI=1S/C17H19N3O4/c1-20(8-10-23-16(21)14-4-2-6-18-12-14)9-11-24-17(22)15-5-3-7-19-13-15/h2-7,12-13H,8-11H2,1H3. The molecule has 7 heteroatoms. The lowest BCUT2D eigenvalue weighted by Crippen LogP contribution is -2.28. The Morgan fingerprint density at radius 2 is 1.38 bits per heavy atom. The van der Waals surface area contributed by atoms with Crippen LogP contribution >= 0.6 is 0 Å². The van der Waals surface area contributed by atoms with E-state index in [0.29, 0.717) is 24.2 Å². The predicted octanol–water partition coefficient (Wildman–Crippen LogP) is 1.42. The van der Waals surface area contributed by atoms with Crippen molar-refractivity contribution in [1.29, 1.82) is 0 Å². The van der Waals surface area contributed by atoms with Crippen molar-refractivity contribution in [3.8, 4) is 0 Å². The van der Waals surface area contributed by atoms with Crippen molar-refractivity contribution in [3.63, 3.8) is 0 Å². The van der Waals surface area contributed by atoms with E-state index in [1.807, 2.05) is 11.9 Å². The van der Waals surface area contributed by atoms with Crippen LogP contribution in [0.25, 0.3) is 0 Å². The Hall–Kier alpha value is -2.80. The third kappa shape index (κ3) is 5.77. The zero-order valence-corrected chi connectivity index (χ0v) is 13.4. The number of carbonyl (C=O) groups excluding carboxylic acids is 2. The molecule has 0 N–H and O–H groups in total. The third-order valence-corrected chi connectivity index (χ3v) is 3.21. The van der Waals surface area contributed by atoms with E-state index in [-0.39, 0.29) is 13.2 Å². The van der Waals surface area contributed by atoms with Gasteiger partial charge in [-0.2, -0.15) is 0 Å². The van der Waals surface area contributed by atoms with E-state index in [4.69, 9.17) is 9.47 Å². The maximum atomic E-state index is 11.7. The van der Waals surface area contributed by atoms with Gasteiger partial charge in [0.2, 0.25) is 0 Å². The lowest BCUT2D eigenvalue weighted by atomic mass is 10.3. The van der Waals surface area contributed by atoms with Gasteiger partial charge in [-0.05, 0) is 31.3 Å². The van der Waals surface area contributed by atoms with Crippen LogP contribution in [-0.4, -0.2) is 60.2 Å². The zero-order valence-electron chi connectivity index (χ0n) is 13.4. The van der Waals surface area contributed by atoms with Crippen molar-refractivity contribution in [1.82, 2.24) is 14.9 Å². The first-order valence-electron chi connectivity index (χ1n) is 7.49. The summed E-state index contributed by atoms with van der Waals surface area (Å²) >= 11 is 0. The third-order valence-electron chi connectivity index (χ3n) is 3.21. The maximum absolute atomic E-state index is 11.7. The highest BCUT2D eigenvalue weighted by Crippen LogP contribution is 2.00. The summed E-state index contributed by atoms with van der Waals surface area (Å²) in [4.78, 5) is 33.1. The molecule has 2 heterocycles. The van der Waals surface area contributed by atoms with Crippen LogP contribution in [0, 0.1) is 0 Å². The van der Waals surface area contributed by atoms with Crippen molar-refractivity contribution < 1.29 is 19.1 Å². The van der Waals surface area contributed by atoms with Crippen LogP contribution < -0.4 is 0 Å². The molecule has 0 amide bonds. The number of nitrogens with zero attached hydrogens (tertiary/aromatic N) is 3. The van der Waals surface area contributed by atoms with Gasteiger partial charge >= 0.3 is 11.9 Å². The molecule has 0 saturated carbocycles. The Labute approximate surface area is 140 Å². The number of pyridine rings is 2. The molecule has 24 heavy (non-hydrogen) atoms. The number of likely N-dealkylation sites (N-methyl/N-ethyl adjacent to an activating group) is 1. The number of aromatic nitrogens is 2. The van der Waals surface area contributed by atoms with E-state index < -0.39 is 11.9 Å². The molecule has 7 nitrogen and oxygen atoms in total. The quantitative estimate of drug-likeness (QED) is 0.677. The first-order chi connectivity index (χ1) is 11.7. The predicted molar refractivity (Wildman–Crippen MR) is 86.5 cm³/mol. The molecule has 2 aromatic rings. The molecule has 0 spiro atoms. The van der Waals surface area contributed by atoms with Crippen LogP contribution in [0.5, 0.6) is 0 Å². The fourth-order valence-corrected chi connectivity index (χ4v) is 1.83. The molecule has 126 valence electrons. The molecule has 0 aromatic carbocycles. The monoisotopic (exact) mass is 329 g/mol. The summed E-state index contributed by atoms with van der Waals surface area (Å²) in [5, 5.41) is 0. The second-order valence-corrected chi connectivity index (χ2v) is 5.06. The molecule has 2 rings (SSSR count). The summed E-state index contributed by atoms with van der Waals surface area (Å²) in [6.45, 7) is 1.58. The topological polar surface area (TPSA) is 81.6 Å². The minimum atomic E-state index is -0.403. The first kappa shape index (κ1) is 17.6. The van der Waals surface area contributed by atoms with Gasteiger partial charge in [0.15, 0.2) is 0 Å². The maximum Gasteiger partial charge on any atom is 0.339 e. The Bertz CT molecular complexity index is 592. The molecule has 0 radical (unpaired) electrons. The molecule has 0 unspecified atom stereocenters. The lowest BCUT2D eigenvalue weighted by Gasteiger charge is -2.16. The average Bonchev–Trinajstić information content (AvgIpc) is 2.63. The Balaban J connectivity index is 1.61. The summed E-state index contributed by atoms with van der Waals surface area (Å²) < 4.78 is 10.3. The van der Waals surface area contributed by atoms with Crippen LogP contribution in [0.3, 0.4) is 0 Å². The van der Waals surface area contributed by atoms with Crippen molar-refractivity contribution in [3.05, 3.63) is 60.2 Å². The highest BCUT2D eigenvalue weighted by Gasteiger charge is 2.09. The molecule has 0 fully saturated rings. The van der Waals surface area contributed by atoms with E-state index in [1.54, 1.807) is 36.7 Å². The molecule has 2 aromatic heterocycles. The average molecular weight is 329 g/mol. The smallest absolute Gasteiger partial charge is 0.339 e. The van der Waals surface area contributed by atoms with Crippen molar-refractivity contribution >= 4 is 11.9 Å². The van der Waals surface area contributed by atoms with Gasteiger partial charge in [-0.3, -0.25) is 14.9 Å². The minimum absolute atomic E-state index is 0.251. The normalized spacial score (nSPS) is 10.4. The highest BCUT2D eigenvalue weighted by molar-refractivity contribution is 5.89. The van der Waals surface area contributed by atoms with Gasteiger partial charge in [-0.25, -0.2) is 9.59 Å². The zero-order chi connectivity index (χ0) is 17.2.